The maximum atomic E-state index is 11.8. The fourth-order valence-electron chi connectivity index (χ4n) is 1.46. The molecule has 5 nitrogen and oxygen atoms in total. The molecule has 0 saturated carbocycles. The van der Waals surface area contributed by atoms with E-state index in [0.717, 1.165) is 25.4 Å². The molecule has 0 radical (unpaired) electrons. The SMILES string of the molecule is COCCCNc1ccc(C(=O)NCC(C)C)cn1. The summed E-state index contributed by atoms with van der Waals surface area (Å²) < 4.78 is 4.96. The summed E-state index contributed by atoms with van der Waals surface area (Å²) in [4.78, 5) is 16.0. The van der Waals surface area contributed by atoms with Crippen molar-refractivity contribution in [3.8, 4) is 0 Å². The predicted molar refractivity (Wildman–Crippen MR) is 76.4 cm³/mol. The normalized spacial score (nSPS) is 10.5. The topological polar surface area (TPSA) is 63.2 Å². The quantitative estimate of drug-likeness (QED) is 0.705. The van der Waals surface area contributed by atoms with Gasteiger partial charge in [-0.2, -0.15) is 0 Å². The van der Waals surface area contributed by atoms with Gasteiger partial charge in [0.2, 0.25) is 0 Å². The predicted octanol–water partition coefficient (Wildman–Crippen LogP) is 1.92. The number of nitrogens with one attached hydrogen (secondary N) is 2. The first-order valence-electron chi connectivity index (χ1n) is 6.60. The molecule has 1 aromatic rings. The minimum Gasteiger partial charge on any atom is -0.385 e. The van der Waals surface area contributed by atoms with Gasteiger partial charge in [0.25, 0.3) is 5.91 Å². The zero-order valence-corrected chi connectivity index (χ0v) is 11.9. The van der Waals surface area contributed by atoms with Crippen LogP contribution in [0.4, 0.5) is 5.82 Å². The number of carbonyl (C=O) groups excluding carboxylic acids is 1. The molecule has 0 saturated heterocycles. The second-order valence-corrected chi connectivity index (χ2v) is 4.81. The van der Waals surface area contributed by atoms with Crippen LogP contribution < -0.4 is 10.6 Å². The first-order valence-corrected chi connectivity index (χ1v) is 6.60. The van der Waals surface area contributed by atoms with E-state index in [1.54, 1.807) is 19.4 Å². The van der Waals surface area contributed by atoms with E-state index in [-0.39, 0.29) is 5.91 Å². The number of nitrogens with zero attached hydrogens (tertiary/aromatic N) is 1. The fraction of sp³-hybridized carbons (Fsp3) is 0.571. The van der Waals surface area contributed by atoms with Crippen LogP contribution in [0.3, 0.4) is 0 Å². The number of rotatable bonds is 8. The molecule has 0 unspecified atom stereocenters. The molecular weight excluding hydrogens is 242 g/mol. The summed E-state index contributed by atoms with van der Waals surface area (Å²) in [7, 11) is 1.68. The van der Waals surface area contributed by atoms with Crippen LogP contribution in [0.5, 0.6) is 0 Å². The first kappa shape index (κ1) is 15.4. The number of hydrogen-bond donors (Lipinski definition) is 2. The highest BCUT2D eigenvalue weighted by Gasteiger charge is 2.06. The molecule has 2 N–H and O–H groups in total. The number of ether oxygens (including phenoxy) is 1. The van der Waals surface area contributed by atoms with Crippen molar-refractivity contribution in [3.05, 3.63) is 23.9 Å². The summed E-state index contributed by atoms with van der Waals surface area (Å²) in [6.07, 6.45) is 2.52. The van der Waals surface area contributed by atoms with E-state index in [1.165, 1.54) is 0 Å². The number of amides is 1. The lowest BCUT2D eigenvalue weighted by atomic mass is 10.2. The Balaban J connectivity index is 2.40. The molecule has 1 aromatic heterocycles. The van der Waals surface area contributed by atoms with Crippen molar-refractivity contribution in [2.75, 3.05) is 32.1 Å². The Morgan fingerprint density at radius 1 is 1.42 bits per heavy atom. The Labute approximate surface area is 114 Å². The van der Waals surface area contributed by atoms with E-state index in [4.69, 9.17) is 4.74 Å². The van der Waals surface area contributed by atoms with Crippen LogP contribution in [0, 0.1) is 5.92 Å². The lowest BCUT2D eigenvalue weighted by Crippen LogP contribution is -2.27. The maximum Gasteiger partial charge on any atom is 0.252 e. The number of carbonyl (C=O) groups is 1. The molecule has 0 aliphatic carbocycles. The van der Waals surface area contributed by atoms with E-state index in [0.29, 0.717) is 18.0 Å². The van der Waals surface area contributed by atoms with Gasteiger partial charge in [-0.1, -0.05) is 13.8 Å². The molecule has 0 aliphatic rings. The van der Waals surface area contributed by atoms with Crippen LogP contribution in [-0.2, 0) is 4.74 Å². The molecule has 0 spiro atoms. The Bertz CT molecular complexity index is 377. The monoisotopic (exact) mass is 265 g/mol. The van der Waals surface area contributed by atoms with Crippen molar-refractivity contribution < 1.29 is 9.53 Å². The number of anilines is 1. The van der Waals surface area contributed by atoms with Gasteiger partial charge in [-0.3, -0.25) is 4.79 Å². The van der Waals surface area contributed by atoms with Gasteiger partial charge in [-0.25, -0.2) is 4.98 Å². The second kappa shape index (κ2) is 8.48. The smallest absolute Gasteiger partial charge is 0.252 e. The van der Waals surface area contributed by atoms with Crippen LogP contribution in [0.2, 0.25) is 0 Å². The van der Waals surface area contributed by atoms with Gasteiger partial charge in [0.1, 0.15) is 5.82 Å². The first-order chi connectivity index (χ1) is 9.13. The van der Waals surface area contributed by atoms with Gasteiger partial charge in [0.05, 0.1) is 5.56 Å². The van der Waals surface area contributed by atoms with E-state index < -0.39 is 0 Å². The van der Waals surface area contributed by atoms with Gasteiger partial charge in [-0.05, 0) is 24.5 Å². The summed E-state index contributed by atoms with van der Waals surface area (Å²) in [5.74, 6) is 1.14. The van der Waals surface area contributed by atoms with Gasteiger partial charge >= 0.3 is 0 Å². The molecule has 5 heteroatoms. The van der Waals surface area contributed by atoms with Crippen molar-refractivity contribution >= 4 is 11.7 Å². The van der Waals surface area contributed by atoms with Crippen molar-refractivity contribution in [3.63, 3.8) is 0 Å². The molecule has 0 atom stereocenters. The standard InChI is InChI=1S/C14H23N3O2/c1-11(2)9-17-14(18)12-5-6-13(16-10-12)15-7-4-8-19-3/h5-6,10-11H,4,7-9H2,1-3H3,(H,15,16)(H,17,18). The molecule has 0 fully saturated rings. The summed E-state index contributed by atoms with van der Waals surface area (Å²) in [6, 6.07) is 3.60. The van der Waals surface area contributed by atoms with Crippen molar-refractivity contribution in [1.82, 2.24) is 10.3 Å². The zero-order valence-electron chi connectivity index (χ0n) is 11.9. The second-order valence-electron chi connectivity index (χ2n) is 4.81. The highest BCUT2D eigenvalue weighted by atomic mass is 16.5. The minimum atomic E-state index is -0.0767. The number of pyridine rings is 1. The maximum absolute atomic E-state index is 11.8. The van der Waals surface area contributed by atoms with Crippen LogP contribution in [-0.4, -0.2) is 37.7 Å². The highest BCUT2D eigenvalue weighted by molar-refractivity contribution is 5.94. The third kappa shape index (κ3) is 6.20. The third-order valence-corrected chi connectivity index (χ3v) is 2.53. The van der Waals surface area contributed by atoms with Crippen LogP contribution in [0.1, 0.15) is 30.6 Å². The zero-order chi connectivity index (χ0) is 14.1. The Morgan fingerprint density at radius 3 is 2.79 bits per heavy atom. The molecule has 1 rings (SSSR count). The highest BCUT2D eigenvalue weighted by Crippen LogP contribution is 2.05. The lowest BCUT2D eigenvalue weighted by molar-refractivity contribution is 0.0948. The average molecular weight is 265 g/mol. The van der Waals surface area contributed by atoms with Crippen molar-refractivity contribution in [2.45, 2.75) is 20.3 Å². The van der Waals surface area contributed by atoms with E-state index >= 15 is 0 Å². The molecule has 19 heavy (non-hydrogen) atoms. The average Bonchev–Trinajstić information content (AvgIpc) is 2.41. The Hall–Kier alpha value is -1.62. The molecule has 0 bridgehead atoms. The lowest BCUT2D eigenvalue weighted by Gasteiger charge is -2.08. The summed E-state index contributed by atoms with van der Waals surface area (Å²) in [6.45, 7) is 6.33. The molecule has 0 aliphatic heterocycles. The molecule has 1 heterocycles. The number of hydrogen-bond acceptors (Lipinski definition) is 4. The molecular formula is C14H23N3O2. The third-order valence-electron chi connectivity index (χ3n) is 2.53. The summed E-state index contributed by atoms with van der Waals surface area (Å²) in [5, 5.41) is 6.03. The van der Waals surface area contributed by atoms with Crippen molar-refractivity contribution in [2.24, 2.45) is 5.92 Å². The molecule has 0 aromatic carbocycles. The largest absolute Gasteiger partial charge is 0.385 e. The van der Waals surface area contributed by atoms with E-state index in [9.17, 15) is 4.79 Å². The van der Waals surface area contributed by atoms with Gasteiger partial charge in [0, 0.05) is 33.0 Å². The molecule has 106 valence electrons. The van der Waals surface area contributed by atoms with Crippen molar-refractivity contribution in [1.29, 1.82) is 0 Å². The Morgan fingerprint density at radius 2 is 2.21 bits per heavy atom. The fourth-order valence-corrected chi connectivity index (χ4v) is 1.46. The van der Waals surface area contributed by atoms with Gasteiger partial charge < -0.3 is 15.4 Å². The van der Waals surface area contributed by atoms with Crippen LogP contribution >= 0.6 is 0 Å². The van der Waals surface area contributed by atoms with Gasteiger partial charge in [-0.15, -0.1) is 0 Å². The van der Waals surface area contributed by atoms with Gasteiger partial charge in [0.15, 0.2) is 0 Å². The van der Waals surface area contributed by atoms with E-state index in [2.05, 4.69) is 29.5 Å². The van der Waals surface area contributed by atoms with E-state index in [1.807, 2.05) is 6.07 Å². The summed E-state index contributed by atoms with van der Waals surface area (Å²) in [5.41, 5.74) is 0.586. The minimum absolute atomic E-state index is 0.0767. The van der Waals surface area contributed by atoms with Crippen LogP contribution in [0.15, 0.2) is 18.3 Å². The number of aromatic nitrogens is 1. The summed E-state index contributed by atoms with van der Waals surface area (Å²) >= 11 is 0. The number of methoxy groups -OCH3 is 1. The Kier molecular flexibility index (Phi) is 6.89. The molecule has 1 amide bonds. The van der Waals surface area contributed by atoms with Crippen LogP contribution in [0.25, 0.3) is 0 Å².